The van der Waals surface area contributed by atoms with Crippen molar-refractivity contribution in [1.29, 1.82) is 0 Å². The first-order valence-electron chi connectivity index (χ1n) is 6.72. The molecule has 0 radical (unpaired) electrons. The van der Waals surface area contributed by atoms with Crippen molar-refractivity contribution in [2.75, 3.05) is 18.9 Å². The number of sulfonamides is 1. The zero-order valence-corrected chi connectivity index (χ0v) is 13.4. The number of nitrogens with one attached hydrogen (secondary N) is 1. The summed E-state index contributed by atoms with van der Waals surface area (Å²) in [6, 6.07) is 9.70. The summed E-state index contributed by atoms with van der Waals surface area (Å²) in [7, 11) is -0.938. The number of anilines is 1. The Balaban J connectivity index is 2.00. The molecule has 1 aromatic carbocycles. The number of hydrogen-bond acceptors (Lipinski definition) is 5. The number of ether oxygens (including phenoxy) is 2. The minimum absolute atomic E-state index is 0.00716. The number of methoxy groups -OCH3 is 2. The molecule has 0 bridgehead atoms. The van der Waals surface area contributed by atoms with Crippen LogP contribution in [0.25, 0.3) is 5.52 Å². The van der Waals surface area contributed by atoms with Gasteiger partial charge in [-0.3, -0.25) is 4.72 Å². The third-order valence-corrected chi connectivity index (χ3v) is 4.71. The summed E-state index contributed by atoms with van der Waals surface area (Å²) >= 11 is 0. The van der Waals surface area contributed by atoms with Crippen LogP contribution in [0.15, 0.2) is 53.7 Å². The van der Waals surface area contributed by atoms with E-state index in [1.165, 1.54) is 20.3 Å². The van der Waals surface area contributed by atoms with Crippen LogP contribution in [0.1, 0.15) is 0 Å². The van der Waals surface area contributed by atoms with Crippen LogP contribution in [-0.2, 0) is 10.0 Å². The van der Waals surface area contributed by atoms with E-state index in [-0.39, 0.29) is 10.6 Å². The molecule has 8 heteroatoms. The fourth-order valence-corrected chi connectivity index (χ4v) is 3.42. The third kappa shape index (κ3) is 2.93. The number of aromatic nitrogens is 2. The van der Waals surface area contributed by atoms with Gasteiger partial charge in [-0.25, -0.2) is 12.9 Å². The lowest BCUT2D eigenvalue weighted by atomic mass is 10.3. The van der Waals surface area contributed by atoms with Gasteiger partial charge in [0.05, 0.1) is 25.4 Å². The van der Waals surface area contributed by atoms with E-state index >= 15 is 0 Å². The highest BCUT2D eigenvalue weighted by Crippen LogP contribution is 2.29. The molecule has 0 atom stereocenters. The van der Waals surface area contributed by atoms with E-state index in [1.807, 2.05) is 0 Å². The predicted molar refractivity (Wildman–Crippen MR) is 85.5 cm³/mol. The highest BCUT2D eigenvalue weighted by atomic mass is 32.2. The summed E-state index contributed by atoms with van der Waals surface area (Å²) in [5, 5.41) is 4.07. The number of hydrogen-bond donors (Lipinski definition) is 1. The lowest BCUT2D eigenvalue weighted by Crippen LogP contribution is -2.14. The van der Waals surface area contributed by atoms with Crippen molar-refractivity contribution in [1.82, 2.24) is 9.61 Å². The van der Waals surface area contributed by atoms with Gasteiger partial charge in [0, 0.05) is 18.5 Å². The number of rotatable bonds is 5. The van der Waals surface area contributed by atoms with Crippen molar-refractivity contribution in [3.63, 3.8) is 0 Å². The van der Waals surface area contributed by atoms with Crippen LogP contribution in [0.4, 0.5) is 5.69 Å². The number of pyridine rings is 1. The van der Waals surface area contributed by atoms with Crippen LogP contribution in [-0.4, -0.2) is 32.3 Å². The molecule has 1 N–H and O–H groups in total. The molecule has 0 aliphatic rings. The molecule has 2 aromatic heterocycles. The van der Waals surface area contributed by atoms with Crippen molar-refractivity contribution in [2.24, 2.45) is 0 Å². The second-order valence-electron chi connectivity index (χ2n) is 4.74. The van der Waals surface area contributed by atoms with E-state index in [1.54, 1.807) is 47.2 Å². The van der Waals surface area contributed by atoms with Gasteiger partial charge in [-0.1, -0.05) is 0 Å². The molecule has 3 rings (SSSR count). The van der Waals surface area contributed by atoms with Crippen molar-refractivity contribution >= 4 is 21.2 Å². The molecule has 3 aromatic rings. The second-order valence-corrected chi connectivity index (χ2v) is 6.39. The number of benzene rings is 1. The molecule has 0 amide bonds. The molecule has 0 unspecified atom stereocenters. The zero-order valence-electron chi connectivity index (χ0n) is 12.6. The van der Waals surface area contributed by atoms with Crippen LogP contribution < -0.4 is 14.2 Å². The predicted octanol–water partition coefficient (Wildman–Crippen LogP) is 2.15. The van der Waals surface area contributed by atoms with Crippen LogP contribution in [0.5, 0.6) is 11.5 Å². The first-order valence-corrected chi connectivity index (χ1v) is 8.20. The molecule has 0 fully saturated rings. The van der Waals surface area contributed by atoms with Gasteiger partial charge in [0.15, 0.2) is 0 Å². The largest absolute Gasteiger partial charge is 0.497 e. The smallest absolute Gasteiger partial charge is 0.265 e. The normalized spacial score (nSPS) is 11.4. The van der Waals surface area contributed by atoms with Gasteiger partial charge in [0.1, 0.15) is 16.4 Å². The Kier molecular flexibility index (Phi) is 3.83. The monoisotopic (exact) mass is 333 g/mol. The summed E-state index contributed by atoms with van der Waals surface area (Å²) in [4.78, 5) is 0.00716. The Labute approximate surface area is 133 Å². The molecule has 0 saturated carbocycles. The first kappa shape index (κ1) is 15.2. The van der Waals surface area contributed by atoms with Gasteiger partial charge in [0.25, 0.3) is 10.0 Å². The minimum Gasteiger partial charge on any atom is -0.497 e. The molecule has 120 valence electrons. The van der Waals surface area contributed by atoms with E-state index < -0.39 is 10.0 Å². The van der Waals surface area contributed by atoms with Gasteiger partial charge in [-0.15, -0.1) is 0 Å². The molecule has 0 saturated heterocycles. The van der Waals surface area contributed by atoms with Gasteiger partial charge < -0.3 is 9.47 Å². The molecule has 0 aliphatic carbocycles. The van der Waals surface area contributed by atoms with Crippen molar-refractivity contribution in [3.05, 3.63) is 48.8 Å². The maximum Gasteiger partial charge on any atom is 0.265 e. The molecule has 2 heterocycles. The average molecular weight is 333 g/mol. The lowest BCUT2D eigenvalue weighted by molar-refractivity contribution is 0.392. The van der Waals surface area contributed by atoms with E-state index in [0.717, 1.165) is 5.52 Å². The second kappa shape index (κ2) is 5.81. The van der Waals surface area contributed by atoms with Gasteiger partial charge >= 0.3 is 0 Å². The number of nitrogens with zero attached hydrogens (tertiary/aromatic N) is 2. The molecule has 0 spiro atoms. The Morgan fingerprint density at radius 1 is 1.09 bits per heavy atom. The zero-order chi connectivity index (χ0) is 16.4. The summed E-state index contributed by atoms with van der Waals surface area (Å²) in [5.41, 5.74) is 1.21. The Morgan fingerprint density at radius 3 is 2.65 bits per heavy atom. The fraction of sp³-hybridized carbons (Fsp3) is 0.133. The Hall–Kier alpha value is -2.74. The van der Waals surface area contributed by atoms with Gasteiger partial charge in [-0.2, -0.15) is 5.10 Å². The topological polar surface area (TPSA) is 81.9 Å². The van der Waals surface area contributed by atoms with Crippen LogP contribution in [0.3, 0.4) is 0 Å². The van der Waals surface area contributed by atoms with Crippen molar-refractivity contribution in [2.45, 2.75) is 4.90 Å². The van der Waals surface area contributed by atoms with Crippen LogP contribution in [0, 0.1) is 0 Å². The maximum atomic E-state index is 12.7. The molecule has 23 heavy (non-hydrogen) atoms. The Bertz CT molecular complexity index is 950. The van der Waals surface area contributed by atoms with E-state index in [0.29, 0.717) is 11.4 Å². The summed E-state index contributed by atoms with van der Waals surface area (Å²) in [6.07, 6.45) is 3.31. The molecule has 0 aliphatic heterocycles. The molecular formula is C15H15N3O4S. The Morgan fingerprint density at radius 2 is 1.91 bits per heavy atom. The van der Waals surface area contributed by atoms with E-state index in [4.69, 9.17) is 9.47 Å². The summed E-state index contributed by atoms with van der Waals surface area (Å²) < 4.78 is 39.7. The van der Waals surface area contributed by atoms with Crippen molar-refractivity contribution in [3.8, 4) is 11.5 Å². The van der Waals surface area contributed by atoms with Crippen LogP contribution in [0.2, 0.25) is 0 Å². The SMILES string of the molecule is COc1ccc(OC)c(S(=O)(=O)Nc2ccn3nccc3c2)c1. The fourth-order valence-electron chi connectivity index (χ4n) is 2.19. The van der Waals surface area contributed by atoms with Crippen molar-refractivity contribution < 1.29 is 17.9 Å². The number of fused-ring (bicyclic) bond motifs is 1. The highest BCUT2D eigenvalue weighted by molar-refractivity contribution is 7.92. The minimum atomic E-state index is -3.83. The summed E-state index contributed by atoms with van der Waals surface area (Å²) in [5.74, 6) is 0.668. The van der Waals surface area contributed by atoms with Gasteiger partial charge in [-0.05, 0) is 30.3 Å². The lowest BCUT2D eigenvalue weighted by Gasteiger charge is -2.13. The summed E-state index contributed by atoms with van der Waals surface area (Å²) in [6.45, 7) is 0. The van der Waals surface area contributed by atoms with Crippen LogP contribution >= 0.6 is 0 Å². The van der Waals surface area contributed by atoms with E-state index in [2.05, 4.69) is 9.82 Å². The average Bonchev–Trinajstić information content (AvgIpc) is 3.01. The first-order chi connectivity index (χ1) is 11.0. The third-order valence-electron chi connectivity index (χ3n) is 3.31. The quantitative estimate of drug-likeness (QED) is 0.774. The molecule has 7 nitrogen and oxygen atoms in total. The van der Waals surface area contributed by atoms with E-state index in [9.17, 15) is 8.42 Å². The highest BCUT2D eigenvalue weighted by Gasteiger charge is 2.21. The standard InChI is InChI=1S/C15H15N3O4S/c1-21-13-3-4-14(22-2)15(10-13)23(19,20)17-11-6-8-18-12(9-11)5-7-16-18/h3-10,17H,1-2H3. The van der Waals surface area contributed by atoms with Gasteiger partial charge in [0.2, 0.25) is 0 Å². The molecular weight excluding hydrogens is 318 g/mol. The maximum absolute atomic E-state index is 12.7.